The van der Waals surface area contributed by atoms with Crippen molar-refractivity contribution in [2.75, 3.05) is 25.7 Å². The molecule has 102 valence electrons. The molecule has 4 nitrogen and oxygen atoms in total. The third kappa shape index (κ3) is 5.46. The largest absolute Gasteiger partial charge is 0.497 e. The van der Waals surface area contributed by atoms with Crippen molar-refractivity contribution in [3.63, 3.8) is 0 Å². The number of rotatable bonds is 7. The lowest BCUT2D eigenvalue weighted by atomic mass is 10.2. The van der Waals surface area contributed by atoms with Crippen LogP contribution in [-0.2, 0) is 16.4 Å². The molecule has 1 rings (SSSR count). The molecule has 1 N–H and O–H groups in total. The van der Waals surface area contributed by atoms with Gasteiger partial charge in [-0.25, -0.2) is 12.8 Å². The number of sulfone groups is 1. The molecule has 0 spiro atoms. The number of methoxy groups -OCH3 is 1. The van der Waals surface area contributed by atoms with Crippen LogP contribution < -0.4 is 10.1 Å². The summed E-state index contributed by atoms with van der Waals surface area (Å²) >= 11 is 0. The molecule has 0 radical (unpaired) electrons. The molecule has 18 heavy (non-hydrogen) atoms. The fourth-order valence-corrected chi connectivity index (χ4v) is 2.15. The van der Waals surface area contributed by atoms with E-state index in [0.29, 0.717) is 30.8 Å². The Kier molecular flexibility index (Phi) is 5.55. The van der Waals surface area contributed by atoms with Crippen LogP contribution in [-0.4, -0.2) is 34.1 Å². The van der Waals surface area contributed by atoms with Crippen molar-refractivity contribution in [1.29, 1.82) is 0 Å². The molecule has 0 fully saturated rings. The van der Waals surface area contributed by atoms with Gasteiger partial charge in [-0.2, -0.15) is 0 Å². The zero-order valence-electron chi connectivity index (χ0n) is 10.6. The van der Waals surface area contributed by atoms with E-state index < -0.39 is 9.84 Å². The normalized spacial score (nSPS) is 11.5. The predicted octanol–water partition coefficient (Wildman–Crippen LogP) is 1.36. The smallest absolute Gasteiger partial charge is 0.147 e. The number of benzene rings is 1. The fraction of sp³-hybridized carbons (Fsp3) is 0.500. The zero-order chi connectivity index (χ0) is 13.6. The molecule has 0 amide bonds. The van der Waals surface area contributed by atoms with Crippen LogP contribution in [0.1, 0.15) is 12.0 Å². The van der Waals surface area contributed by atoms with Gasteiger partial charge in [0.05, 0.1) is 12.9 Å². The molecule has 0 aliphatic carbocycles. The topological polar surface area (TPSA) is 55.4 Å². The third-order valence-corrected chi connectivity index (χ3v) is 3.47. The Balaban J connectivity index is 2.36. The van der Waals surface area contributed by atoms with Gasteiger partial charge in [-0.1, -0.05) is 6.07 Å². The Labute approximate surface area is 107 Å². The molecule has 0 aliphatic rings. The molecule has 0 unspecified atom stereocenters. The van der Waals surface area contributed by atoms with E-state index in [4.69, 9.17) is 4.74 Å². The molecular weight excluding hydrogens is 257 g/mol. The summed E-state index contributed by atoms with van der Waals surface area (Å²) in [7, 11) is -1.43. The molecule has 0 aliphatic heterocycles. The van der Waals surface area contributed by atoms with Gasteiger partial charge in [0.2, 0.25) is 0 Å². The number of nitrogens with one attached hydrogen (secondary N) is 1. The van der Waals surface area contributed by atoms with E-state index in [1.165, 1.54) is 19.4 Å². The summed E-state index contributed by atoms with van der Waals surface area (Å²) in [6, 6.07) is 4.67. The first-order valence-corrected chi connectivity index (χ1v) is 7.69. The highest BCUT2D eigenvalue weighted by molar-refractivity contribution is 7.90. The van der Waals surface area contributed by atoms with Crippen molar-refractivity contribution in [2.24, 2.45) is 0 Å². The highest BCUT2D eigenvalue weighted by atomic mass is 32.2. The van der Waals surface area contributed by atoms with Crippen molar-refractivity contribution in [1.82, 2.24) is 5.32 Å². The van der Waals surface area contributed by atoms with Crippen molar-refractivity contribution < 1.29 is 17.5 Å². The number of hydrogen-bond donors (Lipinski definition) is 1. The van der Waals surface area contributed by atoms with Gasteiger partial charge in [0.15, 0.2) is 0 Å². The van der Waals surface area contributed by atoms with Crippen molar-refractivity contribution in [2.45, 2.75) is 13.0 Å². The fourth-order valence-electron chi connectivity index (χ4n) is 1.48. The van der Waals surface area contributed by atoms with Gasteiger partial charge < -0.3 is 10.1 Å². The van der Waals surface area contributed by atoms with E-state index in [9.17, 15) is 12.8 Å². The quantitative estimate of drug-likeness (QED) is 0.763. The molecule has 0 saturated carbocycles. The number of halogens is 1. The number of ether oxygens (including phenoxy) is 1. The first kappa shape index (κ1) is 14.9. The highest BCUT2D eigenvalue weighted by Gasteiger charge is 2.04. The lowest BCUT2D eigenvalue weighted by molar-refractivity contribution is 0.410. The van der Waals surface area contributed by atoms with Gasteiger partial charge in [-0.3, -0.25) is 0 Å². The maximum Gasteiger partial charge on any atom is 0.147 e. The van der Waals surface area contributed by atoms with E-state index in [1.54, 1.807) is 12.1 Å². The lowest BCUT2D eigenvalue weighted by Gasteiger charge is -2.07. The molecule has 1 aromatic rings. The van der Waals surface area contributed by atoms with Gasteiger partial charge in [-0.15, -0.1) is 0 Å². The van der Waals surface area contributed by atoms with Crippen LogP contribution in [0.25, 0.3) is 0 Å². The van der Waals surface area contributed by atoms with Gasteiger partial charge in [0.25, 0.3) is 0 Å². The predicted molar refractivity (Wildman–Crippen MR) is 69.0 cm³/mol. The maximum atomic E-state index is 13.5. The van der Waals surface area contributed by atoms with E-state index in [1.807, 2.05) is 0 Å². The molecule has 0 saturated heterocycles. The summed E-state index contributed by atoms with van der Waals surface area (Å²) in [5.74, 6) is 0.295. The summed E-state index contributed by atoms with van der Waals surface area (Å²) in [4.78, 5) is 0. The van der Waals surface area contributed by atoms with E-state index >= 15 is 0 Å². The van der Waals surface area contributed by atoms with Crippen LogP contribution in [0.2, 0.25) is 0 Å². The minimum absolute atomic E-state index is 0.144. The SMILES string of the molecule is COc1ccc(CNCCCS(C)(=O)=O)c(F)c1. The van der Waals surface area contributed by atoms with Crippen molar-refractivity contribution >= 4 is 9.84 Å². The van der Waals surface area contributed by atoms with Crippen LogP contribution in [0, 0.1) is 5.82 Å². The molecule has 1 aromatic carbocycles. The van der Waals surface area contributed by atoms with Gasteiger partial charge in [-0.05, 0) is 19.0 Å². The first-order chi connectivity index (χ1) is 8.42. The summed E-state index contributed by atoms with van der Waals surface area (Å²) in [5, 5.41) is 3.01. The summed E-state index contributed by atoms with van der Waals surface area (Å²) in [6.45, 7) is 0.915. The Morgan fingerprint density at radius 1 is 1.39 bits per heavy atom. The molecular formula is C12H18FNO3S. The third-order valence-electron chi connectivity index (χ3n) is 2.44. The summed E-state index contributed by atoms with van der Waals surface area (Å²) < 4.78 is 40.2. The number of hydrogen-bond acceptors (Lipinski definition) is 4. The second kappa shape index (κ2) is 6.70. The molecule has 0 bridgehead atoms. The Morgan fingerprint density at radius 3 is 2.67 bits per heavy atom. The van der Waals surface area contributed by atoms with Crippen LogP contribution in [0.5, 0.6) is 5.75 Å². The van der Waals surface area contributed by atoms with Gasteiger partial charge in [0, 0.05) is 24.4 Å². The second-order valence-corrected chi connectivity index (χ2v) is 6.38. The van der Waals surface area contributed by atoms with Crippen LogP contribution in [0.4, 0.5) is 4.39 Å². The summed E-state index contributed by atoms with van der Waals surface area (Å²) in [6.07, 6.45) is 1.73. The Morgan fingerprint density at radius 2 is 2.11 bits per heavy atom. The Bertz CT molecular complexity index is 488. The standard InChI is InChI=1S/C12H18FNO3S/c1-17-11-5-4-10(12(13)8-11)9-14-6-3-7-18(2,15)16/h4-5,8,14H,3,6-7,9H2,1-2H3. The van der Waals surface area contributed by atoms with Gasteiger partial charge in [0.1, 0.15) is 21.4 Å². The average molecular weight is 275 g/mol. The lowest BCUT2D eigenvalue weighted by Crippen LogP contribution is -2.18. The Hall–Kier alpha value is -1.14. The summed E-state index contributed by atoms with van der Waals surface area (Å²) in [5.41, 5.74) is 0.537. The molecule has 0 atom stereocenters. The van der Waals surface area contributed by atoms with E-state index in [0.717, 1.165) is 0 Å². The van der Waals surface area contributed by atoms with Crippen LogP contribution in [0.15, 0.2) is 18.2 Å². The minimum Gasteiger partial charge on any atom is -0.497 e. The highest BCUT2D eigenvalue weighted by Crippen LogP contribution is 2.15. The molecule has 0 heterocycles. The van der Waals surface area contributed by atoms with Crippen molar-refractivity contribution in [3.05, 3.63) is 29.6 Å². The second-order valence-electron chi connectivity index (χ2n) is 4.12. The monoisotopic (exact) mass is 275 g/mol. The van der Waals surface area contributed by atoms with Crippen LogP contribution >= 0.6 is 0 Å². The van der Waals surface area contributed by atoms with E-state index in [-0.39, 0.29) is 11.6 Å². The van der Waals surface area contributed by atoms with E-state index in [2.05, 4.69) is 5.32 Å². The van der Waals surface area contributed by atoms with Crippen molar-refractivity contribution in [3.8, 4) is 5.75 Å². The first-order valence-electron chi connectivity index (χ1n) is 5.63. The average Bonchev–Trinajstić information content (AvgIpc) is 2.29. The zero-order valence-corrected chi connectivity index (χ0v) is 11.4. The van der Waals surface area contributed by atoms with Gasteiger partial charge >= 0.3 is 0 Å². The minimum atomic E-state index is -2.92. The maximum absolute atomic E-state index is 13.5. The van der Waals surface area contributed by atoms with Crippen LogP contribution in [0.3, 0.4) is 0 Å². The molecule has 6 heteroatoms. The molecule has 0 aromatic heterocycles.